The first-order chi connectivity index (χ1) is 17.1. The summed E-state index contributed by atoms with van der Waals surface area (Å²) in [5.74, 6) is -2.12. The Labute approximate surface area is 207 Å². The minimum atomic E-state index is -5.05. The number of fused-ring (bicyclic) bond motifs is 1. The lowest BCUT2D eigenvalue weighted by Gasteiger charge is -2.18. The second-order valence-electron chi connectivity index (χ2n) is 8.52. The zero-order chi connectivity index (χ0) is 25.7. The third-order valence-electron chi connectivity index (χ3n) is 5.98. The molecule has 12 heteroatoms. The number of nitrogens with zero attached hydrogens (tertiary/aromatic N) is 3. The van der Waals surface area contributed by atoms with Crippen LogP contribution in [0.25, 0.3) is 28.2 Å². The Morgan fingerprint density at radius 2 is 1.81 bits per heavy atom. The van der Waals surface area contributed by atoms with Gasteiger partial charge in [-0.1, -0.05) is 41.9 Å². The molecular weight excluding hydrogens is 499 g/mol. The van der Waals surface area contributed by atoms with Gasteiger partial charge in [0.2, 0.25) is 11.8 Å². The molecular formula is C24H19ClF3N5O3. The minimum Gasteiger partial charge on any atom is -0.420 e. The molecule has 8 nitrogen and oxygen atoms in total. The van der Waals surface area contributed by atoms with Crippen LogP contribution in [0, 0.1) is 6.92 Å². The second kappa shape index (κ2) is 8.66. The highest BCUT2D eigenvalue weighted by Gasteiger charge is 2.54. The Bertz CT molecular complexity index is 1470. The summed E-state index contributed by atoms with van der Waals surface area (Å²) in [5, 5.41) is 13.7. The van der Waals surface area contributed by atoms with Gasteiger partial charge in [0.25, 0.3) is 5.89 Å². The molecule has 2 heterocycles. The summed E-state index contributed by atoms with van der Waals surface area (Å²) in [6.07, 6.45) is -4.74. The number of benzene rings is 2. The van der Waals surface area contributed by atoms with E-state index in [2.05, 4.69) is 15.5 Å². The van der Waals surface area contributed by atoms with Crippen LogP contribution in [0.3, 0.4) is 0 Å². The summed E-state index contributed by atoms with van der Waals surface area (Å²) in [6, 6.07) is 14.7. The summed E-state index contributed by atoms with van der Waals surface area (Å²) in [6.45, 7) is 1.76. The van der Waals surface area contributed by atoms with Crippen LogP contribution in [-0.2, 0) is 16.1 Å². The van der Waals surface area contributed by atoms with E-state index in [1.54, 1.807) is 24.4 Å². The highest BCUT2D eigenvalue weighted by Crippen LogP contribution is 2.39. The van der Waals surface area contributed by atoms with E-state index in [0.29, 0.717) is 22.2 Å². The van der Waals surface area contributed by atoms with Crippen molar-refractivity contribution >= 4 is 34.3 Å². The Kier molecular flexibility index (Phi) is 5.74. The summed E-state index contributed by atoms with van der Waals surface area (Å²) >= 11 is 6.69. The molecule has 186 valence electrons. The minimum absolute atomic E-state index is 0.0750. The SMILES string of the molecule is Cc1nnc(-c2c(Cl)c3ccccc3n2-c2ccc(CNC(=O)C3(NC(=O)C(F)(F)F)CC3)cc2)o1. The quantitative estimate of drug-likeness (QED) is 0.393. The number of aromatic nitrogens is 3. The Hall–Kier alpha value is -3.86. The molecule has 2 aromatic heterocycles. The molecule has 1 aliphatic carbocycles. The lowest BCUT2D eigenvalue weighted by atomic mass is 10.1. The van der Waals surface area contributed by atoms with Gasteiger partial charge in [-0.15, -0.1) is 10.2 Å². The van der Waals surface area contributed by atoms with E-state index >= 15 is 0 Å². The van der Waals surface area contributed by atoms with Crippen molar-refractivity contribution in [1.29, 1.82) is 0 Å². The first-order valence-electron chi connectivity index (χ1n) is 11.0. The maximum Gasteiger partial charge on any atom is 0.471 e. The van der Waals surface area contributed by atoms with Gasteiger partial charge >= 0.3 is 12.1 Å². The molecule has 1 aliphatic rings. The first-order valence-corrected chi connectivity index (χ1v) is 11.3. The van der Waals surface area contributed by atoms with Gasteiger partial charge in [0.15, 0.2) is 0 Å². The highest BCUT2D eigenvalue weighted by molar-refractivity contribution is 6.38. The Morgan fingerprint density at radius 1 is 1.11 bits per heavy atom. The van der Waals surface area contributed by atoms with Gasteiger partial charge in [0.1, 0.15) is 11.2 Å². The molecule has 0 spiro atoms. The van der Waals surface area contributed by atoms with E-state index in [0.717, 1.165) is 16.6 Å². The Balaban J connectivity index is 1.37. The fourth-order valence-corrected chi connectivity index (χ4v) is 4.31. The zero-order valence-electron chi connectivity index (χ0n) is 18.8. The molecule has 2 amide bonds. The van der Waals surface area contributed by atoms with Crippen molar-refractivity contribution in [3.8, 4) is 17.3 Å². The second-order valence-corrected chi connectivity index (χ2v) is 8.90. The summed E-state index contributed by atoms with van der Waals surface area (Å²) < 4.78 is 45.2. The van der Waals surface area contributed by atoms with E-state index < -0.39 is 23.5 Å². The average molecular weight is 518 g/mol. The molecule has 2 N–H and O–H groups in total. The smallest absolute Gasteiger partial charge is 0.420 e. The van der Waals surface area contributed by atoms with Crippen molar-refractivity contribution in [2.24, 2.45) is 0 Å². The topological polar surface area (TPSA) is 102 Å². The summed E-state index contributed by atoms with van der Waals surface area (Å²) in [4.78, 5) is 23.7. The van der Waals surface area contributed by atoms with Gasteiger partial charge in [0, 0.05) is 24.5 Å². The number of rotatable bonds is 6. The van der Waals surface area contributed by atoms with Gasteiger partial charge in [-0.2, -0.15) is 13.2 Å². The van der Waals surface area contributed by atoms with Crippen molar-refractivity contribution in [3.63, 3.8) is 0 Å². The zero-order valence-corrected chi connectivity index (χ0v) is 19.6. The van der Waals surface area contributed by atoms with E-state index in [1.807, 2.05) is 41.0 Å². The average Bonchev–Trinajstić information content (AvgIpc) is 3.41. The van der Waals surface area contributed by atoms with Crippen LogP contribution in [0.2, 0.25) is 5.02 Å². The largest absolute Gasteiger partial charge is 0.471 e. The lowest BCUT2D eigenvalue weighted by Crippen LogP contribution is -2.52. The van der Waals surface area contributed by atoms with Gasteiger partial charge < -0.3 is 19.6 Å². The summed E-state index contributed by atoms with van der Waals surface area (Å²) in [5.41, 5.74) is 1.31. The standard InChI is InChI=1S/C24H19ClF3N5O3/c1-13-31-32-20(36-13)19-18(25)16-4-2-3-5-17(16)33(19)15-8-6-14(7-9-15)12-29-21(34)23(10-11-23)30-22(35)24(26,27)28/h2-9H,10-12H2,1H3,(H,29,34)(H,30,35). The molecule has 1 saturated carbocycles. The van der Waals surface area contributed by atoms with E-state index in [9.17, 15) is 22.8 Å². The van der Waals surface area contributed by atoms with Crippen molar-refractivity contribution in [3.05, 3.63) is 65.0 Å². The molecule has 2 aromatic carbocycles. The van der Waals surface area contributed by atoms with Gasteiger partial charge in [-0.3, -0.25) is 9.59 Å². The summed E-state index contributed by atoms with van der Waals surface area (Å²) in [7, 11) is 0. The highest BCUT2D eigenvalue weighted by atomic mass is 35.5. The van der Waals surface area contributed by atoms with Crippen molar-refractivity contribution in [1.82, 2.24) is 25.4 Å². The number of amides is 2. The number of aryl methyl sites for hydroxylation is 1. The maximum absolute atomic E-state index is 12.6. The number of hydrogen-bond acceptors (Lipinski definition) is 5. The fraction of sp³-hybridized carbons (Fsp3) is 0.250. The normalized spacial score (nSPS) is 14.6. The molecule has 0 atom stereocenters. The molecule has 0 bridgehead atoms. The lowest BCUT2D eigenvalue weighted by molar-refractivity contribution is -0.175. The van der Waals surface area contributed by atoms with E-state index in [4.69, 9.17) is 16.0 Å². The molecule has 4 aromatic rings. The molecule has 5 rings (SSSR count). The number of hydrogen-bond donors (Lipinski definition) is 2. The van der Waals surface area contributed by atoms with E-state index in [-0.39, 0.29) is 25.3 Å². The van der Waals surface area contributed by atoms with Crippen LogP contribution in [-0.4, -0.2) is 38.3 Å². The predicted octanol–water partition coefficient (Wildman–Crippen LogP) is 4.47. The molecule has 0 aliphatic heterocycles. The third kappa shape index (κ3) is 4.30. The Morgan fingerprint density at radius 3 is 2.42 bits per heavy atom. The number of alkyl halides is 3. The number of carbonyl (C=O) groups is 2. The van der Waals surface area contributed by atoms with Crippen LogP contribution >= 0.6 is 11.6 Å². The van der Waals surface area contributed by atoms with Gasteiger partial charge in [-0.05, 0) is 36.6 Å². The monoisotopic (exact) mass is 517 g/mol. The number of nitrogens with one attached hydrogen (secondary N) is 2. The molecule has 0 radical (unpaired) electrons. The maximum atomic E-state index is 12.6. The molecule has 36 heavy (non-hydrogen) atoms. The van der Waals surface area contributed by atoms with Crippen LogP contribution in [0.15, 0.2) is 52.9 Å². The van der Waals surface area contributed by atoms with Crippen LogP contribution < -0.4 is 10.6 Å². The van der Waals surface area contributed by atoms with Gasteiger partial charge in [-0.25, -0.2) is 0 Å². The van der Waals surface area contributed by atoms with Crippen LogP contribution in [0.4, 0.5) is 13.2 Å². The van der Waals surface area contributed by atoms with E-state index in [1.165, 1.54) is 0 Å². The number of halogens is 4. The third-order valence-corrected chi connectivity index (χ3v) is 6.37. The van der Waals surface area contributed by atoms with Crippen LogP contribution in [0.5, 0.6) is 0 Å². The van der Waals surface area contributed by atoms with Gasteiger partial charge in [0.05, 0.1) is 10.5 Å². The molecule has 0 saturated heterocycles. The van der Waals surface area contributed by atoms with Crippen molar-refractivity contribution in [2.75, 3.05) is 0 Å². The molecule has 0 unspecified atom stereocenters. The predicted molar refractivity (Wildman–Crippen MR) is 124 cm³/mol. The molecule has 1 fully saturated rings. The van der Waals surface area contributed by atoms with Crippen molar-refractivity contribution in [2.45, 2.75) is 38.0 Å². The number of carbonyl (C=O) groups excluding carboxylic acids is 2. The van der Waals surface area contributed by atoms with Crippen molar-refractivity contribution < 1.29 is 27.2 Å². The number of para-hydroxylation sites is 1. The fourth-order valence-electron chi connectivity index (χ4n) is 3.99. The first kappa shape index (κ1) is 23.9. The van der Waals surface area contributed by atoms with Crippen LogP contribution in [0.1, 0.15) is 24.3 Å².